The Morgan fingerprint density at radius 3 is 2.83 bits per heavy atom. The van der Waals surface area contributed by atoms with Crippen LogP contribution in [0.5, 0.6) is 0 Å². The first-order chi connectivity index (χ1) is 11.2. The molecule has 0 amide bonds. The van der Waals surface area contributed by atoms with Gasteiger partial charge in [-0.3, -0.25) is 14.1 Å². The average molecular weight is 332 g/mol. The highest BCUT2D eigenvalue weighted by molar-refractivity contribution is 7.15. The van der Waals surface area contributed by atoms with Gasteiger partial charge in [0.2, 0.25) is 0 Å². The Labute approximate surface area is 140 Å². The van der Waals surface area contributed by atoms with Gasteiger partial charge in [0.05, 0.1) is 5.69 Å². The molecule has 2 aromatic heterocycles. The maximum Gasteiger partial charge on any atom is 0.259 e. The summed E-state index contributed by atoms with van der Waals surface area (Å²) < 4.78 is 1.70. The van der Waals surface area contributed by atoms with E-state index in [4.69, 9.17) is 0 Å². The van der Waals surface area contributed by atoms with Crippen LogP contribution >= 0.6 is 11.3 Å². The van der Waals surface area contributed by atoms with Gasteiger partial charge in [-0.2, -0.15) is 0 Å². The first-order valence-corrected chi connectivity index (χ1v) is 9.49. The van der Waals surface area contributed by atoms with Crippen LogP contribution in [0.2, 0.25) is 0 Å². The quantitative estimate of drug-likeness (QED) is 0.910. The van der Waals surface area contributed by atoms with E-state index >= 15 is 0 Å². The van der Waals surface area contributed by atoms with E-state index in [2.05, 4.69) is 15.2 Å². The lowest BCUT2D eigenvalue weighted by molar-refractivity contribution is 0.188. The SMILES string of the molecule is Cc1csc2nc(CN3CCC(NCC4CC4)CC3)cc(=O)n12. The Kier molecular flexibility index (Phi) is 4.22. The summed E-state index contributed by atoms with van der Waals surface area (Å²) in [5, 5.41) is 5.70. The smallest absolute Gasteiger partial charge is 0.259 e. The standard InChI is InChI=1S/C17H24N4OS/c1-12-11-23-17-19-15(8-16(22)21(12)17)10-20-6-4-14(5-7-20)18-9-13-2-3-13/h8,11,13-14,18H,2-7,9-10H2,1H3. The minimum absolute atomic E-state index is 0.0461. The van der Waals surface area contributed by atoms with Gasteiger partial charge in [-0.15, -0.1) is 11.3 Å². The molecule has 2 aromatic rings. The maximum atomic E-state index is 12.2. The van der Waals surface area contributed by atoms with Crippen molar-refractivity contribution < 1.29 is 0 Å². The molecule has 23 heavy (non-hydrogen) atoms. The van der Waals surface area contributed by atoms with E-state index in [1.807, 2.05) is 12.3 Å². The summed E-state index contributed by atoms with van der Waals surface area (Å²) in [6, 6.07) is 2.37. The predicted octanol–water partition coefficient (Wildman–Crippen LogP) is 2.03. The van der Waals surface area contributed by atoms with Crippen molar-refractivity contribution in [3.63, 3.8) is 0 Å². The number of nitrogens with one attached hydrogen (secondary N) is 1. The van der Waals surface area contributed by atoms with Crippen molar-refractivity contribution in [1.82, 2.24) is 19.6 Å². The third-order valence-electron chi connectivity index (χ3n) is 4.99. The number of nitrogens with zero attached hydrogens (tertiary/aromatic N) is 3. The number of fused-ring (bicyclic) bond motifs is 1. The van der Waals surface area contributed by atoms with Crippen molar-refractivity contribution in [2.75, 3.05) is 19.6 Å². The van der Waals surface area contributed by atoms with Gasteiger partial charge in [-0.1, -0.05) is 0 Å². The number of hydrogen-bond acceptors (Lipinski definition) is 5. The molecule has 1 N–H and O–H groups in total. The number of thiazole rings is 1. The maximum absolute atomic E-state index is 12.2. The lowest BCUT2D eigenvalue weighted by Crippen LogP contribution is -2.42. The van der Waals surface area contributed by atoms with E-state index in [1.165, 1.54) is 32.2 Å². The largest absolute Gasteiger partial charge is 0.314 e. The van der Waals surface area contributed by atoms with E-state index in [0.29, 0.717) is 6.04 Å². The average Bonchev–Trinajstić information content (AvgIpc) is 3.29. The second kappa shape index (κ2) is 6.34. The van der Waals surface area contributed by atoms with Gasteiger partial charge < -0.3 is 5.32 Å². The van der Waals surface area contributed by atoms with Crippen molar-refractivity contribution in [3.05, 3.63) is 33.2 Å². The molecule has 124 valence electrons. The minimum atomic E-state index is 0.0461. The van der Waals surface area contributed by atoms with Crippen molar-refractivity contribution in [1.29, 1.82) is 0 Å². The van der Waals surface area contributed by atoms with Gasteiger partial charge in [0.1, 0.15) is 0 Å². The van der Waals surface area contributed by atoms with E-state index < -0.39 is 0 Å². The number of piperidine rings is 1. The highest BCUT2D eigenvalue weighted by atomic mass is 32.1. The fourth-order valence-corrected chi connectivity index (χ4v) is 4.25. The van der Waals surface area contributed by atoms with Crippen LogP contribution < -0.4 is 10.9 Å². The molecule has 5 nitrogen and oxygen atoms in total. The van der Waals surface area contributed by atoms with Crippen LogP contribution in [0, 0.1) is 12.8 Å². The monoisotopic (exact) mass is 332 g/mol. The molecule has 0 spiro atoms. The van der Waals surface area contributed by atoms with E-state index in [9.17, 15) is 4.79 Å². The summed E-state index contributed by atoms with van der Waals surface area (Å²) >= 11 is 1.54. The molecule has 0 aromatic carbocycles. The van der Waals surface area contributed by atoms with Gasteiger partial charge in [0.25, 0.3) is 5.56 Å². The number of hydrogen-bond donors (Lipinski definition) is 1. The summed E-state index contributed by atoms with van der Waals surface area (Å²) in [7, 11) is 0. The van der Waals surface area contributed by atoms with Crippen molar-refractivity contribution in [2.24, 2.45) is 5.92 Å². The Bertz CT molecular complexity index is 741. The Morgan fingerprint density at radius 1 is 1.30 bits per heavy atom. The first kappa shape index (κ1) is 15.3. The third kappa shape index (κ3) is 3.49. The van der Waals surface area contributed by atoms with Crippen LogP contribution in [0.4, 0.5) is 0 Å². The van der Waals surface area contributed by atoms with Gasteiger partial charge in [-0.05, 0) is 45.1 Å². The zero-order valence-corrected chi connectivity index (χ0v) is 14.4. The molecule has 2 fully saturated rings. The zero-order valence-electron chi connectivity index (χ0n) is 13.6. The Morgan fingerprint density at radius 2 is 2.09 bits per heavy atom. The molecule has 0 radical (unpaired) electrons. The normalized spacial score (nSPS) is 20.4. The summed E-state index contributed by atoms with van der Waals surface area (Å²) in [5.74, 6) is 0.950. The van der Waals surface area contributed by atoms with Crippen molar-refractivity contribution >= 4 is 16.3 Å². The topological polar surface area (TPSA) is 49.6 Å². The summed E-state index contributed by atoms with van der Waals surface area (Å²) in [4.78, 5) is 20.1. The number of aromatic nitrogens is 2. The third-order valence-corrected chi connectivity index (χ3v) is 5.94. The summed E-state index contributed by atoms with van der Waals surface area (Å²) in [6.07, 6.45) is 5.23. The lowest BCUT2D eigenvalue weighted by atomic mass is 10.0. The van der Waals surface area contributed by atoms with Crippen LogP contribution in [0.25, 0.3) is 4.96 Å². The molecule has 1 saturated carbocycles. The van der Waals surface area contributed by atoms with Crippen LogP contribution in [0.15, 0.2) is 16.2 Å². The molecule has 1 aliphatic carbocycles. The highest BCUT2D eigenvalue weighted by Gasteiger charge is 2.24. The molecule has 2 aliphatic rings. The molecule has 0 atom stereocenters. The Balaban J connectivity index is 1.36. The summed E-state index contributed by atoms with van der Waals surface area (Å²) in [5.41, 5.74) is 1.92. The first-order valence-electron chi connectivity index (χ1n) is 8.61. The van der Waals surface area contributed by atoms with Gasteiger partial charge in [0.15, 0.2) is 4.96 Å². The number of likely N-dealkylation sites (tertiary alicyclic amines) is 1. The molecule has 3 heterocycles. The van der Waals surface area contributed by atoms with Crippen LogP contribution in [0.1, 0.15) is 37.1 Å². The molecular weight excluding hydrogens is 308 g/mol. The van der Waals surface area contributed by atoms with Crippen LogP contribution in [-0.4, -0.2) is 40.0 Å². The molecule has 0 bridgehead atoms. The fraction of sp³-hybridized carbons (Fsp3) is 0.647. The zero-order chi connectivity index (χ0) is 15.8. The molecule has 4 rings (SSSR count). The lowest BCUT2D eigenvalue weighted by Gasteiger charge is -2.32. The van der Waals surface area contributed by atoms with Gasteiger partial charge in [-0.25, -0.2) is 4.98 Å². The number of rotatable bonds is 5. The van der Waals surface area contributed by atoms with E-state index in [1.54, 1.807) is 21.8 Å². The highest BCUT2D eigenvalue weighted by Crippen LogP contribution is 2.28. The van der Waals surface area contributed by atoms with Crippen LogP contribution in [0.3, 0.4) is 0 Å². The second-order valence-corrected chi connectivity index (χ2v) is 7.82. The Hall–Kier alpha value is -1.24. The minimum Gasteiger partial charge on any atom is -0.314 e. The molecule has 1 saturated heterocycles. The van der Waals surface area contributed by atoms with E-state index in [-0.39, 0.29) is 5.56 Å². The summed E-state index contributed by atoms with van der Waals surface area (Å²) in [6.45, 7) is 6.13. The van der Waals surface area contributed by atoms with Crippen molar-refractivity contribution in [2.45, 2.75) is 45.2 Å². The van der Waals surface area contributed by atoms with Crippen molar-refractivity contribution in [3.8, 4) is 0 Å². The van der Waals surface area contributed by atoms with Gasteiger partial charge in [0, 0.05) is 42.8 Å². The van der Waals surface area contributed by atoms with Crippen LogP contribution in [-0.2, 0) is 6.54 Å². The molecule has 6 heteroatoms. The predicted molar refractivity (Wildman–Crippen MR) is 93.1 cm³/mol. The van der Waals surface area contributed by atoms with E-state index in [0.717, 1.165) is 41.9 Å². The fourth-order valence-electron chi connectivity index (χ4n) is 3.36. The molecular formula is C17H24N4OS. The second-order valence-electron chi connectivity index (χ2n) is 6.98. The number of aryl methyl sites for hydroxylation is 1. The molecule has 0 unspecified atom stereocenters. The molecule has 1 aliphatic heterocycles. The van der Waals surface area contributed by atoms with Gasteiger partial charge >= 0.3 is 0 Å².